The Morgan fingerprint density at radius 2 is 1.55 bits per heavy atom. The predicted octanol–water partition coefficient (Wildman–Crippen LogP) is 4.15. The third-order valence-electron chi connectivity index (χ3n) is 4.55. The van der Waals surface area contributed by atoms with E-state index in [0.29, 0.717) is 17.1 Å². The van der Waals surface area contributed by atoms with E-state index in [0.717, 1.165) is 28.6 Å². The minimum atomic E-state index is -0.357. The summed E-state index contributed by atoms with van der Waals surface area (Å²) in [6, 6.07) is 23.0. The number of carbonyl (C=O) groups excluding carboxylic acids is 2. The molecule has 2 amide bonds. The van der Waals surface area contributed by atoms with Crippen LogP contribution in [0.5, 0.6) is 5.75 Å². The fourth-order valence-corrected chi connectivity index (χ4v) is 3.80. The minimum Gasteiger partial charge on any atom is -0.489 e. The second-order valence-corrected chi connectivity index (χ2v) is 7.85. The lowest BCUT2D eigenvalue weighted by molar-refractivity contribution is -0.123. The summed E-state index contributed by atoms with van der Waals surface area (Å²) < 4.78 is 18.8. The molecule has 1 radical (unpaired) electrons. The maximum atomic E-state index is 13.1. The zero-order valence-corrected chi connectivity index (χ0v) is 18.2. The van der Waals surface area contributed by atoms with Crippen molar-refractivity contribution in [3.63, 3.8) is 0 Å². The Balaban J connectivity index is 0.000000968. The second kappa shape index (κ2) is 12.0. The molecule has 167 valence electrons. The van der Waals surface area contributed by atoms with Gasteiger partial charge in [-0.15, -0.1) is 0 Å². The van der Waals surface area contributed by atoms with Crippen molar-refractivity contribution in [2.75, 3.05) is 0 Å². The lowest BCUT2D eigenvalue weighted by Gasteiger charge is -2.12. The van der Waals surface area contributed by atoms with Gasteiger partial charge in [-0.2, -0.15) is 0 Å². The van der Waals surface area contributed by atoms with Crippen molar-refractivity contribution in [2.45, 2.75) is 13.2 Å². The van der Waals surface area contributed by atoms with Crippen LogP contribution in [0.1, 0.15) is 16.7 Å². The molecule has 0 spiro atoms. The SMILES string of the molecule is O=C1S/C(=C/c2ccc(OCc3ccccc3)cc2)C(=O)N1Cc1ccc(F)cc1.O[B]O. The van der Waals surface area contributed by atoms with Crippen LogP contribution in [0.15, 0.2) is 83.8 Å². The van der Waals surface area contributed by atoms with Crippen LogP contribution in [0, 0.1) is 5.82 Å². The zero-order chi connectivity index (χ0) is 23.6. The van der Waals surface area contributed by atoms with Gasteiger partial charge < -0.3 is 14.8 Å². The number of imide groups is 1. The monoisotopic (exact) mass is 464 g/mol. The lowest BCUT2D eigenvalue weighted by atomic mass is 10.2. The molecule has 0 aliphatic carbocycles. The van der Waals surface area contributed by atoms with Crippen molar-refractivity contribution in [1.82, 2.24) is 4.90 Å². The van der Waals surface area contributed by atoms with Gasteiger partial charge in [-0.25, -0.2) is 4.39 Å². The van der Waals surface area contributed by atoms with Crippen LogP contribution in [0.2, 0.25) is 0 Å². The Bertz CT molecular complexity index is 1110. The molecule has 33 heavy (non-hydrogen) atoms. The van der Waals surface area contributed by atoms with Crippen LogP contribution in [0.25, 0.3) is 6.08 Å². The lowest BCUT2D eigenvalue weighted by Crippen LogP contribution is -2.27. The first-order valence-electron chi connectivity index (χ1n) is 9.87. The van der Waals surface area contributed by atoms with Crippen LogP contribution in [0.4, 0.5) is 9.18 Å². The third kappa shape index (κ3) is 7.05. The number of thioether (sulfide) groups is 1. The molecule has 3 aromatic rings. The molecule has 1 aliphatic rings. The van der Waals surface area contributed by atoms with Gasteiger partial charge in [0.25, 0.3) is 11.1 Å². The highest BCUT2D eigenvalue weighted by molar-refractivity contribution is 8.18. The van der Waals surface area contributed by atoms with E-state index in [1.54, 1.807) is 18.2 Å². The molecule has 0 bridgehead atoms. The van der Waals surface area contributed by atoms with Crippen molar-refractivity contribution in [1.29, 1.82) is 0 Å². The summed E-state index contributed by atoms with van der Waals surface area (Å²) >= 11 is 0.904. The molecule has 6 nitrogen and oxygen atoms in total. The maximum absolute atomic E-state index is 13.1. The van der Waals surface area contributed by atoms with Gasteiger partial charge >= 0.3 is 7.69 Å². The van der Waals surface area contributed by atoms with Crippen LogP contribution >= 0.6 is 11.8 Å². The van der Waals surface area contributed by atoms with E-state index in [2.05, 4.69) is 0 Å². The Labute approximate surface area is 195 Å². The number of halogens is 1. The number of ether oxygens (including phenoxy) is 1. The highest BCUT2D eigenvalue weighted by atomic mass is 32.2. The van der Waals surface area contributed by atoms with Gasteiger partial charge in [0.2, 0.25) is 0 Å². The van der Waals surface area contributed by atoms with E-state index in [4.69, 9.17) is 14.8 Å². The Morgan fingerprint density at radius 3 is 2.18 bits per heavy atom. The average molecular weight is 464 g/mol. The van der Waals surface area contributed by atoms with Crippen molar-refractivity contribution in [3.05, 3.63) is 106 Å². The molecule has 1 aliphatic heterocycles. The van der Waals surface area contributed by atoms with Crippen molar-refractivity contribution in [2.24, 2.45) is 0 Å². The molecule has 4 rings (SSSR count). The standard InChI is InChI=1S/C24H18FNO3S.BH2O2/c25-20-10-6-18(7-11-20)15-26-23(27)22(30-24(26)28)14-17-8-12-21(13-9-17)29-16-19-4-2-1-3-5-19;2-1-3/h1-14H,15-16H2;2-3H/b22-14+;. The summed E-state index contributed by atoms with van der Waals surface area (Å²) in [5.74, 6) is 0.0168. The van der Waals surface area contributed by atoms with Gasteiger partial charge in [-0.3, -0.25) is 14.5 Å². The Kier molecular flexibility index (Phi) is 8.83. The summed E-state index contributed by atoms with van der Waals surface area (Å²) in [4.78, 5) is 26.4. The van der Waals surface area contributed by atoms with Crippen LogP contribution in [0.3, 0.4) is 0 Å². The quantitative estimate of drug-likeness (QED) is 0.421. The van der Waals surface area contributed by atoms with Gasteiger partial charge in [0.15, 0.2) is 0 Å². The normalized spacial score (nSPS) is 14.2. The van der Waals surface area contributed by atoms with Gasteiger partial charge in [-0.1, -0.05) is 54.6 Å². The van der Waals surface area contributed by atoms with Crippen molar-refractivity contribution >= 4 is 36.7 Å². The molecule has 0 aromatic heterocycles. The molecule has 3 aromatic carbocycles. The molecule has 0 atom stereocenters. The topological polar surface area (TPSA) is 87.1 Å². The molecule has 2 N–H and O–H groups in total. The van der Waals surface area contributed by atoms with E-state index in [9.17, 15) is 14.0 Å². The van der Waals surface area contributed by atoms with E-state index in [-0.39, 0.29) is 31.2 Å². The molecular weight excluding hydrogens is 444 g/mol. The van der Waals surface area contributed by atoms with Crippen LogP contribution < -0.4 is 4.74 Å². The first-order valence-corrected chi connectivity index (χ1v) is 10.7. The molecule has 9 heteroatoms. The fraction of sp³-hybridized carbons (Fsp3) is 0.0833. The van der Waals surface area contributed by atoms with Gasteiger partial charge in [0.1, 0.15) is 18.2 Å². The average Bonchev–Trinajstić information content (AvgIpc) is 3.08. The Morgan fingerprint density at radius 1 is 0.909 bits per heavy atom. The highest BCUT2D eigenvalue weighted by Crippen LogP contribution is 2.33. The summed E-state index contributed by atoms with van der Waals surface area (Å²) in [6.45, 7) is 0.594. The van der Waals surface area contributed by atoms with Crippen LogP contribution in [-0.2, 0) is 17.9 Å². The van der Waals surface area contributed by atoms with Gasteiger partial charge in [0.05, 0.1) is 11.4 Å². The van der Waals surface area contributed by atoms with Gasteiger partial charge in [-0.05, 0) is 58.8 Å². The maximum Gasteiger partial charge on any atom is 0.482 e. The van der Waals surface area contributed by atoms with Crippen molar-refractivity contribution < 1.29 is 28.8 Å². The summed E-state index contributed by atoms with van der Waals surface area (Å²) in [7, 11) is 0. The number of hydrogen-bond donors (Lipinski definition) is 2. The van der Waals surface area contributed by atoms with Crippen molar-refractivity contribution in [3.8, 4) is 5.75 Å². The molecule has 1 fully saturated rings. The molecule has 1 saturated heterocycles. The number of nitrogens with zero attached hydrogens (tertiary/aromatic N) is 1. The minimum absolute atomic E-state index is 0. The molecule has 0 saturated carbocycles. The molecular formula is C24H20BFNO5S. The van der Waals surface area contributed by atoms with Crippen LogP contribution in [-0.4, -0.2) is 33.8 Å². The largest absolute Gasteiger partial charge is 0.489 e. The zero-order valence-electron chi connectivity index (χ0n) is 17.4. The summed E-state index contributed by atoms with van der Waals surface area (Å²) in [5, 5.41) is 13.7. The van der Waals surface area contributed by atoms with E-state index in [1.165, 1.54) is 17.0 Å². The number of benzene rings is 3. The molecule has 1 heterocycles. The smallest absolute Gasteiger partial charge is 0.482 e. The van der Waals surface area contributed by atoms with Gasteiger partial charge in [0, 0.05) is 0 Å². The highest BCUT2D eigenvalue weighted by Gasteiger charge is 2.34. The first-order chi connectivity index (χ1) is 16.0. The number of hydrogen-bond acceptors (Lipinski definition) is 6. The summed E-state index contributed by atoms with van der Waals surface area (Å²) in [5.41, 5.74) is 2.57. The first kappa shape index (κ1) is 24.3. The molecule has 0 unspecified atom stereocenters. The number of rotatable bonds is 6. The van der Waals surface area contributed by atoms with E-state index >= 15 is 0 Å². The van der Waals surface area contributed by atoms with E-state index in [1.807, 2.05) is 54.6 Å². The number of amides is 2. The second-order valence-electron chi connectivity index (χ2n) is 6.85. The van der Waals surface area contributed by atoms with E-state index < -0.39 is 0 Å². The number of carbonyl (C=O) groups is 2. The Hall–Kier alpha value is -3.40. The predicted molar refractivity (Wildman–Crippen MR) is 125 cm³/mol. The fourth-order valence-electron chi connectivity index (χ4n) is 2.96. The third-order valence-corrected chi connectivity index (χ3v) is 5.46. The summed E-state index contributed by atoms with van der Waals surface area (Å²) in [6.07, 6.45) is 1.69.